The van der Waals surface area contributed by atoms with Gasteiger partial charge in [-0.2, -0.15) is 0 Å². The number of guanidine groups is 1. The number of hydrogen-bond acceptors (Lipinski definition) is 4. The van der Waals surface area contributed by atoms with Crippen molar-refractivity contribution >= 4 is 41.5 Å². The number of rotatable bonds is 6. The van der Waals surface area contributed by atoms with E-state index < -0.39 is 0 Å². The Hall–Kier alpha value is -1.39. The summed E-state index contributed by atoms with van der Waals surface area (Å²) < 4.78 is 0. The van der Waals surface area contributed by atoms with Crippen LogP contribution in [0.15, 0.2) is 29.3 Å². The molecule has 4 rings (SSSR count). The van der Waals surface area contributed by atoms with Crippen LogP contribution in [0.4, 0.5) is 5.69 Å². The molecule has 1 atom stereocenters. The first-order valence-corrected chi connectivity index (χ1v) is 12.4. The summed E-state index contributed by atoms with van der Waals surface area (Å²) in [5, 5.41) is 9.98. The fourth-order valence-corrected chi connectivity index (χ4v) is 5.45. The van der Waals surface area contributed by atoms with Crippen molar-refractivity contribution in [1.29, 1.82) is 0 Å². The molecule has 7 nitrogen and oxygen atoms in total. The second-order valence-electron chi connectivity index (χ2n) is 9.69. The van der Waals surface area contributed by atoms with Crippen molar-refractivity contribution in [3.05, 3.63) is 29.8 Å². The van der Waals surface area contributed by atoms with Gasteiger partial charge in [0.15, 0.2) is 5.96 Å². The summed E-state index contributed by atoms with van der Waals surface area (Å²) in [4.78, 5) is 22.5. The molecular formula is C25H41IN6O. The summed E-state index contributed by atoms with van der Waals surface area (Å²) in [5.41, 5.74) is 2.32. The van der Waals surface area contributed by atoms with E-state index in [-0.39, 0.29) is 41.3 Å². The first-order valence-electron chi connectivity index (χ1n) is 12.4. The second-order valence-corrected chi connectivity index (χ2v) is 9.69. The fraction of sp³-hybridized carbons (Fsp3) is 0.680. The number of likely N-dealkylation sites (tertiary alicyclic amines) is 2. The second kappa shape index (κ2) is 12.4. The number of halogens is 1. The summed E-state index contributed by atoms with van der Waals surface area (Å²) in [6.07, 6.45) is 6.85. The van der Waals surface area contributed by atoms with E-state index in [1.54, 1.807) is 0 Å². The number of nitrogens with zero attached hydrogens (tertiary/aromatic N) is 3. The molecule has 2 saturated heterocycles. The fourth-order valence-electron chi connectivity index (χ4n) is 5.45. The molecule has 0 radical (unpaired) electrons. The lowest BCUT2D eigenvalue weighted by Crippen LogP contribution is -2.58. The Bertz CT molecular complexity index is 802. The van der Waals surface area contributed by atoms with Gasteiger partial charge in [0.25, 0.3) is 0 Å². The van der Waals surface area contributed by atoms with E-state index in [0.29, 0.717) is 13.0 Å². The third-order valence-corrected chi connectivity index (χ3v) is 7.44. The average Bonchev–Trinajstić information content (AvgIpc) is 2.82. The van der Waals surface area contributed by atoms with Gasteiger partial charge in [0, 0.05) is 36.7 Å². The van der Waals surface area contributed by atoms with E-state index in [2.05, 4.69) is 45.8 Å². The molecule has 1 aromatic rings. The number of aliphatic imine (C=N–C) groups is 1. The number of fused-ring (bicyclic) bond motifs is 1. The minimum absolute atomic E-state index is 0. The maximum absolute atomic E-state index is 12.2. The van der Waals surface area contributed by atoms with Crippen molar-refractivity contribution in [2.75, 3.05) is 58.2 Å². The lowest BCUT2D eigenvalue weighted by molar-refractivity contribution is -0.116. The number of hydrogen-bond donors (Lipinski definition) is 3. The molecular weight excluding hydrogens is 527 g/mol. The van der Waals surface area contributed by atoms with Gasteiger partial charge in [-0.25, -0.2) is 0 Å². The quantitative estimate of drug-likeness (QED) is 0.279. The minimum Gasteiger partial charge on any atom is -0.357 e. The molecule has 0 spiro atoms. The Kier molecular flexibility index (Phi) is 9.81. The number of carbonyl (C=O) groups is 1. The Labute approximate surface area is 216 Å². The van der Waals surface area contributed by atoms with Crippen LogP contribution in [-0.4, -0.2) is 80.1 Å². The van der Waals surface area contributed by atoms with Crippen LogP contribution in [0.3, 0.4) is 0 Å². The van der Waals surface area contributed by atoms with Crippen LogP contribution in [0.5, 0.6) is 0 Å². The molecule has 3 heterocycles. The lowest BCUT2D eigenvalue weighted by atomic mass is 9.84. The van der Waals surface area contributed by atoms with E-state index in [9.17, 15) is 4.79 Å². The predicted molar refractivity (Wildman–Crippen MR) is 147 cm³/mol. The van der Waals surface area contributed by atoms with Gasteiger partial charge in [0.1, 0.15) is 0 Å². The monoisotopic (exact) mass is 568 g/mol. The standard InChI is InChI=1S/C25H40N6O.HI/c1-3-26-24(27-18-20-17-23(32)29-22-10-6-5-9-21(20)22)28-19-25(11-15-30(2)16-12-25)31-13-7-4-8-14-31;/h5-6,9-10,20H,3-4,7-8,11-19H2,1-2H3,(H,29,32)(H2,26,27,28);1H. The normalized spacial score (nSPS) is 23.8. The van der Waals surface area contributed by atoms with Gasteiger partial charge < -0.3 is 20.9 Å². The number of anilines is 1. The van der Waals surface area contributed by atoms with Crippen LogP contribution < -0.4 is 16.0 Å². The molecule has 0 saturated carbocycles. The van der Waals surface area contributed by atoms with Crippen molar-refractivity contribution < 1.29 is 4.79 Å². The van der Waals surface area contributed by atoms with E-state index in [1.807, 2.05) is 18.2 Å². The van der Waals surface area contributed by atoms with E-state index in [4.69, 9.17) is 4.99 Å². The molecule has 8 heteroatoms. The number of para-hydroxylation sites is 1. The molecule has 3 aliphatic rings. The van der Waals surface area contributed by atoms with Crippen LogP contribution in [0.25, 0.3) is 0 Å². The highest BCUT2D eigenvalue weighted by Crippen LogP contribution is 2.33. The molecule has 184 valence electrons. The molecule has 2 fully saturated rings. The summed E-state index contributed by atoms with van der Waals surface area (Å²) >= 11 is 0. The Balaban J connectivity index is 0.00000306. The van der Waals surface area contributed by atoms with Crippen molar-refractivity contribution in [1.82, 2.24) is 20.4 Å². The highest BCUT2D eigenvalue weighted by molar-refractivity contribution is 14.0. The van der Waals surface area contributed by atoms with Gasteiger partial charge in [-0.05, 0) is 77.5 Å². The summed E-state index contributed by atoms with van der Waals surface area (Å²) in [6.45, 7) is 9.17. The Morgan fingerprint density at radius 3 is 2.58 bits per heavy atom. The van der Waals surface area contributed by atoms with Crippen LogP contribution in [0.1, 0.15) is 56.9 Å². The van der Waals surface area contributed by atoms with E-state index in [0.717, 1.165) is 37.8 Å². The third-order valence-electron chi connectivity index (χ3n) is 7.44. The highest BCUT2D eigenvalue weighted by Gasteiger charge is 2.39. The topological polar surface area (TPSA) is 72.0 Å². The average molecular weight is 569 g/mol. The van der Waals surface area contributed by atoms with Crippen LogP contribution in [-0.2, 0) is 4.79 Å². The van der Waals surface area contributed by atoms with Gasteiger partial charge in [0.05, 0.1) is 6.54 Å². The minimum atomic E-state index is 0. The van der Waals surface area contributed by atoms with Gasteiger partial charge >= 0.3 is 0 Å². The zero-order chi connectivity index (χ0) is 22.4. The predicted octanol–water partition coefficient (Wildman–Crippen LogP) is 3.24. The molecule has 3 N–H and O–H groups in total. The van der Waals surface area contributed by atoms with Crippen molar-refractivity contribution in [3.63, 3.8) is 0 Å². The molecule has 1 aromatic carbocycles. The maximum Gasteiger partial charge on any atom is 0.225 e. The van der Waals surface area contributed by atoms with Gasteiger partial charge in [-0.15, -0.1) is 24.0 Å². The van der Waals surface area contributed by atoms with Gasteiger partial charge in [-0.3, -0.25) is 14.7 Å². The van der Waals surface area contributed by atoms with Crippen LogP contribution in [0.2, 0.25) is 0 Å². The molecule has 1 unspecified atom stereocenters. The number of amides is 1. The zero-order valence-corrected chi connectivity index (χ0v) is 22.6. The lowest BCUT2D eigenvalue weighted by Gasteiger charge is -2.49. The molecule has 0 aromatic heterocycles. The van der Waals surface area contributed by atoms with Crippen molar-refractivity contribution in [2.45, 2.75) is 56.9 Å². The third kappa shape index (κ3) is 6.60. The van der Waals surface area contributed by atoms with Crippen molar-refractivity contribution in [2.24, 2.45) is 4.99 Å². The number of piperidine rings is 2. The smallest absolute Gasteiger partial charge is 0.225 e. The first-order chi connectivity index (χ1) is 15.6. The largest absolute Gasteiger partial charge is 0.357 e. The first kappa shape index (κ1) is 26.2. The summed E-state index contributed by atoms with van der Waals surface area (Å²) in [5.74, 6) is 1.11. The van der Waals surface area contributed by atoms with Crippen LogP contribution in [0, 0.1) is 0 Å². The zero-order valence-electron chi connectivity index (χ0n) is 20.2. The van der Waals surface area contributed by atoms with Crippen LogP contribution >= 0.6 is 24.0 Å². The van der Waals surface area contributed by atoms with Gasteiger partial charge in [-0.1, -0.05) is 24.6 Å². The van der Waals surface area contributed by atoms with Gasteiger partial charge in [0.2, 0.25) is 5.91 Å². The van der Waals surface area contributed by atoms with E-state index >= 15 is 0 Å². The Morgan fingerprint density at radius 2 is 1.85 bits per heavy atom. The molecule has 0 aliphatic carbocycles. The maximum atomic E-state index is 12.2. The SMILES string of the molecule is CCNC(=NCC1(N2CCCCC2)CCN(C)CC1)NCC1CC(=O)Nc2ccccc21.I. The number of benzene rings is 1. The Morgan fingerprint density at radius 1 is 1.12 bits per heavy atom. The van der Waals surface area contributed by atoms with E-state index in [1.165, 1.54) is 50.8 Å². The summed E-state index contributed by atoms with van der Waals surface area (Å²) in [7, 11) is 2.23. The van der Waals surface area contributed by atoms with Crippen molar-refractivity contribution in [3.8, 4) is 0 Å². The molecule has 1 amide bonds. The number of nitrogens with one attached hydrogen (secondary N) is 3. The molecule has 0 bridgehead atoms. The highest BCUT2D eigenvalue weighted by atomic mass is 127. The summed E-state index contributed by atoms with van der Waals surface area (Å²) in [6, 6.07) is 8.13. The molecule has 33 heavy (non-hydrogen) atoms. The molecule has 3 aliphatic heterocycles. The number of carbonyl (C=O) groups excluding carboxylic acids is 1.